The second kappa shape index (κ2) is 12.1. The van der Waals surface area contributed by atoms with E-state index in [0.717, 1.165) is 36.1 Å². The van der Waals surface area contributed by atoms with Crippen LogP contribution in [0, 0.1) is 0 Å². The monoisotopic (exact) mass is 536 g/mol. The summed E-state index contributed by atoms with van der Waals surface area (Å²) in [6, 6.07) is 14.8. The highest BCUT2D eigenvalue weighted by molar-refractivity contribution is 14.0. The van der Waals surface area contributed by atoms with Crippen molar-refractivity contribution < 1.29 is 9.47 Å². The van der Waals surface area contributed by atoms with Gasteiger partial charge in [-0.2, -0.15) is 0 Å². The lowest BCUT2D eigenvalue weighted by atomic mass is 10.1. The Kier molecular flexibility index (Phi) is 9.27. The van der Waals surface area contributed by atoms with E-state index in [1.54, 1.807) is 7.05 Å². The molecule has 0 aliphatic carbocycles. The van der Waals surface area contributed by atoms with Gasteiger partial charge in [0.1, 0.15) is 0 Å². The van der Waals surface area contributed by atoms with Gasteiger partial charge >= 0.3 is 0 Å². The first-order chi connectivity index (χ1) is 14.8. The fourth-order valence-corrected chi connectivity index (χ4v) is 3.88. The fraction of sp³-hybridized carbons (Fsp3) is 0.458. The number of guanidine groups is 1. The standard InChI is InChI=1S/C24H32N4O2.HI/c1-25-24(27-21-10-11-22-23(16-21)30-15-5-14-29-22)26-17-19-6-8-20(9-7-19)18-28-12-3-2-4-13-28;/h6-11,16H,2-5,12-15,17-18H2,1H3,(H2,25,26,27);1H. The number of hydrogen-bond donors (Lipinski definition) is 2. The summed E-state index contributed by atoms with van der Waals surface area (Å²) in [6.07, 6.45) is 4.94. The van der Waals surface area contributed by atoms with Crippen molar-refractivity contribution in [3.8, 4) is 11.5 Å². The van der Waals surface area contributed by atoms with Gasteiger partial charge in [0.25, 0.3) is 0 Å². The Morgan fingerprint density at radius 2 is 1.61 bits per heavy atom. The van der Waals surface area contributed by atoms with Crippen molar-refractivity contribution in [3.05, 3.63) is 53.6 Å². The summed E-state index contributed by atoms with van der Waals surface area (Å²) in [6.45, 7) is 5.60. The molecule has 2 heterocycles. The van der Waals surface area contributed by atoms with Crippen LogP contribution in [0.4, 0.5) is 5.69 Å². The van der Waals surface area contributed by atoms with Gasteiger partial charge in [0.05, 0.1) is 13.2 Å². The van der Waals surface area contributed by atoms with Crippen LogP contribution in [0.2, 0.25) is 0 Å². The van der Waals surface area contributed by atoms with Crippen molar-refractivity contribution in [2.75, 3.05) is 38.7 Å². The molecule has 4 rings (SSSR count). The van der Waals surface area contributed by atoms with Gasteiger partial charge in [-0.15, -0.1) is 24.0 Å². The van der Waals surface area contributed by atoms with Gasteiger partial charge in [-0.1, -0.05) is 30.7 Å². The second-order valence-electron chi connectivity index (χ2n) is 7.92. The number of aliphatic imine (C=N–C) groups is 1. The number of likely N-dealkylation sites (tertiary alicyclic amines) is 1. The van der Waals surface area contributed by atoms with Crippen LogP contribution in [0.15, 0.2) is 47.5 Å². The lowest BCUT2D eigenvalue weighted by Gasteiger charge is -2.26. The van der Waals surface area contributed by atoms with E-state index in [9.17, 15) is 0 Å². The Labute approximate surface area is 202 Å². The van der Waals surface area contributed by atoms with Gasteiger partial charge in [0, 0.05) is 38.3 Å². The van der Waals surface area contributed by atoms with Crippen LogP contribution in [0.25, 0.3) is 0 Å². The molecule has 2 aromatic rings. The minimum atomic E-state index is 0. The largest absolute Gasteiger partial charge is 0.490 e. The Bertz CT molecular complexity index is 851. The summed E-state index contributed by atoms with van der Waals surface area (Å²) < 4.78 is 11.5. The Balaban J connectivity index is 0.00000272. The smallest absolute Gasteiger partial charge is 0.195 e. The maximum absolute atomic E-state index is 5.77. The zero-order chi connectivity index (χ0) is 20.6. The highest BCUT2D eigenvalue weighted by Crippen LogP contribution is 2.32. The third-order valence-electron chi connectivity index (χ3n) is 5.57. The van der Waals surface area contributed by atoms with Crippen LogP contribution in [0.3, 0.4) is 0 Å². The SMILES string of the molecule is CN=C(NCc1ccc(CN2CCCCC2)cc1)Nc1ccc2c(c1)OCCCO2.I. The van der Waals surface area contributed by atoms with E-state index in [0.29, 0.717) is 19.8 Å². The summed E-state index contributed by atoms with van der Waals surface area (Å²) in [5, 5.41) is 6.72. The summed E-state index contributed by atoms with van der Waals surface area (Å²) in [5.74, 6) is 2.30. The number of hydrogen-bond acceptors (Lipinski definition) is 4. The third kappa shape index (κ3) is 7.00. The van der Waals surface area contributed by atoms with E-state index in [1.165, 1.54) is 43.5 Å². The zero-order valence-electron chi connectivity index (χ0n) is 18.2. The zero-order valence-corrected chi connectivity index (χ0v) is 20.6. The summed E-state index contributed by atoms with van der Waals surface area (Å²) in [4.78, 5) is 6.89. The van der Waals surface area contributed by atoms with Crippen molar-refractivity contribution in [1.82, 2.24) is 10.2 Å². The van der Waals surface area contributed by atoms with Gasteiger partial charge in [-0.05, 0) is 49.2 Å². The Hall–Kier alpha value is -2.00. The predicted octanol–water partition coefficient (Wildman–Crippen LogP) is 4.64. The number of rotatable bonds is 5. The van der Waals surface area contributed by atoms with E-state index in [4.69, 9.17) is 9.47 Å². The Morgan fingerprint density at radius 3 is 2.35 bits per heavy atom. The van der Waals surface area contributed by atoms with Crippen LogP contribution in [0.5, 0.6) is 11.5 Å². The molecule has 2 N–H and O–H groups in total. The number of ether oxygens (including phenoxy) is 2. The lowest BCUT2D eigenvalue weighted by Crippen LogP contribution is -2.30. The highest BCUT2D eigenvalue weighted by atomic mass is 127. The maximum atomic E-state index is 5.77. The van der Waals surface area contributed by atoms with Crippen LogP contribution in [-0.2, 0) is 13.1 Å². The van der Waals surface area contributed by atoms with E-state index in [-0.39, 0.29) is 24.0 Å². The average molecular weight is 536 g/mol. The van der Waals surface area contributed by atoms with Gasteiger partial charge < -0.3 is 20.1 Å². The fourth-order valence-electron chi connectivity index (χ4n) is 3.88. The molecule has 1 saturated heterocycles. The van der Waals surface area contributed by atoms with Gasteiger partial charge in [0.15, 0.2) is 17.5 Å². The van der Waals surface area contributed by atoms with Crippen molar-refractivity contribution in [3.63, 3.8) is 0 Å². The highest BCUT2D eigenvalue weighted by Gasteiger charge is 2.12. The molecule has 168 valence electrons. The second-order valence-corrected chi connectivity index (χ2v) is 7.92. The first-order valence-electron chi connectivity index (χ1n) is 11.0. The molecule has 7 heteroatoms. The van der Waals surface area contributed by atoms with E-state index < -0.39 is 0 Å². The van der Waals surface area contributed by atoms with Crippen LogP contribution in [-0.4, -0.2) is 44.2 Å². The molecular weight excluding hydrogens is 503 g/mol. The molecule has 2 aliphatic heterocycles. The molecule has 0 saturated carbocycles. The molecule has 6 nitrogen and oxygen atoms in total. The predicted molar refractivity (Wildman–Crippen MR) is 137 cm³/mol. The summed E-state index contributed by atoms with van der Waals surface area (Å²) in [5.41, 5.74) is 3.54. The van der Waals surface area contributed by atoms with E-state index >= 15 is 0 Å². The summed E-state index contributed by atoms with van der Waals surface area (Å²) >= 11 is 0. The first-order valence-corrected chi connectivity index (χ1v) is 11.0. The maximum Gasteiger partial charge on any atom is 0.195 e. The van der Waals surface area contributed by atoms with Gasteiger partial charge in [-0.3, -0.25) is 9.89 Å². The number of piperidine rings is 1. The molecule has 2 aliphatic rings. The number of benzene rings is 2. The lowest BCUT2D eigenvalue weighted by molar-refractivity contribution is 0.221. The van der Waals surface area contributed by atoms with Gasteiger partial charge in [0.2, 0.25) is 0 Å². The van der Waals surface area contributed by atoms with Crippen molar-refractivity contribution in [1.29, 1.82) is 0 Å². The molecule has 0 amide bonds. The Morgan fingerprint density at radius 1 is 0.903 bits per heavy atom. The first kappa shape index (κ1) is 23.7. The molecule has 0 unspecified atom stereocenters. The molecular formula is C24H33IN4O2. The van der Waals surface area contributed by atoms with Crippen LogP contribution < -0.4 is 20.1 Å². The van der Waals surface area contributed by atoms with Gasteiger partial charge in [-0.25, -0.2) is 0 Å². The molecule has 2 aromatic carbocycles. The van der Waals surface area contributed by atoms with Crippen molar-refractivity contribution in [2.24, 2.45) is 4.99 Å². The molecule has 0 atom stereocenters. The number of nitrogens with one attached hydrogen (secondary N) is 2. The van der Waals surface area contributed by atoms with E-state index in [1.807, 2.05) is 18.2 Å². The number of anilines is 1. The molecule has 0 spiro atoms. The molecule has 0 aromatic heterocycles. The van der Waals surface area contributed by atoms with Crippen LogP contribution >= 0.6 is 24.0 Å². The number of nitrogens with zero attached hydrogens (tertiary/aromatic N) is 2. The average Bonchev–Trinajstić information content (AvgIpc) is 3.03. The minimum absolute atomic E-state index is 0. The minimum Gasteiger partial charge on any atom is -0.490 e. The normalized spacial score (nSPS) is 16.7. The van der Waals surface area contributed by atoms with Crippen LogP contribution in [0.1, 0.15) is 36.8 Å². The quantitative estimate of drug-likeness (QED) is 0.332. The molecule has 31 heavy (non-hydrogen) atoms. The molecule has 0 bridgehead atoms. The third-order valence-corrected chi connectivity index (χ3v) is 5.57. The number of halogens is 1. The number of fused-ring (bicyclic) bond motifs is 1. The molecule has 1 fully saturated rings. The molecule has 0 radical (unpaired) electrons. The van der Waals surface area contributed by atoms with E-state index in [2.05, 4.69) is 44.8 Å². The van der Waals surface area contributed by atoms with Crippen molar-refractivity contribution in [2.45, 2.75) is 38.8 Å². The topological polar surface area (TPSA) is 58.1 Å². The van der Waals surface area contributed by atoms with Crippen molar-refractivity contribution >= 4 is 35.6 Å². The summed E-state index contributed by atoms with van der Waals surface area (Å²) in [7, 11) is 1.78.